The molecule has 96 valence electrons. The van der Waals surface area contributed by atoms with Crippen LogP contribution in [0.1, 0.15) is 24.1 Å². The molecule has 7 nitrogen and oxygen atoms in total. The van der Waals surface area contributed by atoms with E-state index in [0.717, 1.165) is 6.07 Å². The summed E-state index contributed by atoms with van der Waals surface area (Å²) in [6.07, 6.45) is 0. The Morgan fingerprint density at radius 3 is 2.84 bits per heavy atom. The zero-order chi connectivity index (χ0) is 14.4. The molecule has 0 saturated carbocycles. The van der Waals surface area contributed by atoms with Crippen LogP contribution in [0.3, 0.4) is 0 Å². The highest BCUT2D eigenvalue weighted by molar-refractivity contribution is 5.81. The van der Waals surface area contributed by atoms with Crippen LogP contribution in [0.4, 0.5) is 5.69 Å². The Bertz CT molecular complexity index is 598. The summed E-state index contributed by atoms with van der Waals surface area (Å²) in [7, 11) is 0. The number of rotatable bonds is 4. The smallest absolute Gasteiger partial charge is 0.395 e. The van der Waals surface area contributed by atoms with Crippen molar-refractivity contribution >= 4 is 11.7 Å². The molecule has 1 atom stereocenters. The molecule has 1 aromatic carbocycles. The molecule has 0 aliphatic heterocycles. The van der Waals surface area contributed by atoms with Gasteiger partial charge < -0.3 is 4.74 Å². The average Bonchev–Trinajstić information content (AvgIpc) is 2.40. The maximum atomic E-state index is 11.6. The van der Waals surface area contributed by atoms with Gasteiger partial charge in [-0.25, -0.2) is 11.4 Å². The number of nitro benzene ring substituents is 1. The van der Waals surface area contributed by atoms with Crippen LogP contribution in [-0.2, 0) is 9.53 Å². The lowest BCUT2D eigenvalue weighted by atomic mass is 10.0. The predicted molar refractivity (Wildman–Crippen MR) is 63.8 cm³/mol. The van der Waals surface area contributed by atoms with Gasteiger partial charge >= 0.3 is 12.0 Å². The van der Waals surface area contributed by atoms with Crippen LogP contribution in [0.2, 0.25) is 0 Å². The molecule has 0 aliphatic rings. The third kappa shape index (κ3) is 3.05. The largest absolute Gasteiger partial charge is 0.460 e. The zero-order valence-corrected chi connectivity index (χ0v) is 9.99. The molecule has 0 bridgehead atoms. The van der Waals surface area contributed by atoms with Crippen LogP contribution in [0.5, 0.6) is 0 Å². The molecule has 7 heteroatoms. The lowest BCUT2D eigenvalue weighted by Crippen LogP contribution is -2.14. The maximum absolute atomic E-state index is 11.6. The lowest BCUT2D eigenvalue weighted by molar-refractivity contribution is -0.385. The molecule has 0 aromatic heterocycles. The van der Waals surface area contributed by atoms with Gasteiger partial charge in [0.05, 0.1) is 23.2 Å². The van der Waals surface area contributed by atoms with E-state index in [9.17, 15) is 14.9 Å². The second-order valence-corrected chi connectivity index (χ2v) is 3.43. The first-order valence-electron chi connectivity index (χ1n) is 5.26. The third-order valence-corrected chi connectivity index (χ3v) is 2.29. The molecule has 0 N–H and O–H groups in total. The van der Waals surface area contributed by atoms with Gasteiger partial charge in [0.15, 0.2) is 0 Å². The van der Waals surface area contributed by atoms with Gasteiger partial charge in [-0.3, -0.25) is 15.0 Å². The zero-order valence-electron chi connectivity index (χ0n) is 9.99. The van der Waals surface area contributed by atoms with E-state index >= 15 is 0 Å². The molecule has 0 aliphatic carbocycles. The van der Waals surface area contributed by atoms with Crippen molar-refractivity contribution in [3.8, 4) is 6.07 Å². The standard InChI is InChI=1S/C12H9N3O4/c1-3-19-12(16)11(14-2)9-5-4-8(7-13)6-10(9)15(17)18/h4-6,11H,3H2,1H3. The minimum atomic E-state index is -1.40. The van der Waals surface area contributed by atoms with E-state index in [4.69, 9.17) is 16.6 Å². The Morgan fingerprint density at radius 1 is 1.68 bits per heavy atom. The van der Waals surface area contributed by atoms with Gasteiger partial charge in [-0.1, -0.05) is 0 Å². The van der Waals surface area contributed by atoms with Gasteiger partial charge in [-0.15, -0.1) is 0 Å². The first-order chi connectivity index (χ1) is 9.04. The van der Waals surface area contributed by atoms with Crippen molar-refractivity contribution in [1.82, 2.24) is 0 Å². The van der Waals surface area contributed by atoms with Gasteiger partial charge in [-0.2, -0.15) is 5.26 Å². The van der Waals surface area contributed by atoms with Gasteiger partial charge in [0.1, 0.15) is 5.56 Å². The number of nitriles is 1. The molecule has 0 spiro atoms. The molecule has 0 heterocycles. The van der Waals surface area contributed by atoms with E-state index in [1.807, 2.05) is 0 Å². The summed E-state index contributed by atoms with van der Waals surface area (Å²) in [6, 6.07) is 3.95. The van der Waals surface area contributed by atoms with Crippen molar-refractivity contribution in [3.05, 3.63) is 50.9 Å². The van der Waals surface area contributed by atoms with E-state index in [1.165, 1.54) is 12.1 Å². The second kappa shape index (κ2) is 6.12. The minimum Gasteiger partial charge on any atom is -0.460 e. The number of nitro groups is 1. The topological polar surface area (TPSA) is 97.6 Å². The number of carbonyl (C=O) groups excluding carboxylic acids is 1. The third-order valence-electron chi connectivity index (χ3n) is 2.29. The Labute approximate surface area is 109 Å². The van der Waals surface area contributed by atoms with E-state index in [-0.39, 0.29) is 17.7 Å². The molecule has 0 amide bonds. The second-order valence-electron chi connectivity index (χ2n) is 3.43. The van der Waals surface area contributed by atoms with E-state index in [2.05, 4.69) is 4.85 Å². The van der Waals surface area contributed by atoms with Crippen molar-refractivity contribution in [2.24, 2.45) is 0 Å². The molecule has 1 rings (SSSR count). The summed E-state index contributed by atoms with van der Waals surface area (Å²) in [5, 5.41) is 19.6. The number of nitrogens with zero attached hydrogens (tertiary/aromatic N) is 3. The Morgan fingerprint density at radius 2 is 2.37 bits per heavy atom. The quantitative estimate of drug-likeness (QED) is 0.356. The Kier molecular flexibility index (Phi) is 4.56. The first kappa shape index (κ1) is 14.1. The summed E-state index contributed by atoms with van der Waals surface area (Å²) >= 11 is 0. The number of hydrogen-bond donors (Lipinski definition) is 0. The number of ether oxygens (including phenoxy) is 1. The van der Waals surface area contributed by atoms with Crippen molar-refractivity contribution < 1.29 is 14.5 Å². The molecule has 19 heavy (non-hydrogen) atoms. The molecule has 1 aromatic rings. The normalized spacial score (nSPS) is 10.9. The van der Waals surface area contributed by atoms with Crippen LogP contribution >= 0.6 is 0 Å². The van der Waals surface area contributed by atoms with Gasteiger partial charge in [-0.05, 0) is 19.1 Å². The maximum Gasteiger partial charge on any atom is 0.395 e. The van der Waals surface area contributed by atoms with Crippen molar-refractivity contribution in [2.45, 2.75) is 13.0 Å². The fourth-order valence-corrected chi connectivity index (χ4v) is 1.47. The first-order valence-corrected chi connectivity index (χ1v) is 5.26. The highest BCUT2D eigenvalue weighted by atomic mass is 16.6. The van der Waals surface area contributed by atoms with Crippen LogP contribution in [0.25, 0.3) is 4.85 Å². The summed E-state index contributed by atoms with van der Waals surface area (Å²) in [6.45, 7) is 8.63. The molecule has 0 fully saturated rings. The van der Waals surface area contributed by atoms with E-state index < -0.39 is 22.6 Å². The van der Waals surface area contributed by atoms with E-state index in [1.54, 1.807) is 13.0 Å². The van der Waals surface area contributed by atoms with Crippen LogP contribution in [0, 0.1) is 28.0 Å². The highest BCUT2D eigenvalue weighted by Crippen LogP contribution is 2.29. The summed E-state index contributed by atoms with van der Waals surface area (Å²) in [5.41, 5.74) is -0.423. The average molecular weight is 259 g/mol. The Hall–Kier alpha value is -2.93. The number of hydrogen-bond acceptors (Lipinski definition) is 5. The summed E-state index contributed by atoms with van der Waals surface area (Å²) in [4.78, 5) is 24.8. The molecular weight excluding hydrogens is 250 g/mol. The minimum absolute atomic E-state index is 0.0718. The predicted octanol–water partition coefficient (Wildman–Crippen LogP) is 1.99. The summed E-state index contributed by atoms with van der Waals surface area (Å²) < 4.78 is 4.70. The van der Waals surface area contributed by atoms with E-state index in [0.29, 0.717) is 0 Å². The number of carbonyl (C=O) groups is 1. The van der Waals surface area contributed by atoms with Gasteiger partial charge in [0.2, 0.25) is 0 Å². The molecule has 1 unspecified atom stereocenters. The van der Waals surface area contributed by atoms with Gasteiger partial charge in [0.25, 0.3) is 5.69 Å². The molecular formula is C12H9N3O4. The molecule has 0 radical (unpaired) electrons. The van der Waals surface area contributed by atoms with Crippen molar-refractivity contribution in [2.75, 3.05) is 6.61 Å². The van der Waals surface area contributed by atoms with Gasteiger partial charge in [0, 0.05) is 6.07 Å². The fourth-order valence-electron chi connectivity index (χ4n) is 1.47. The number of esters is 1. The SMILES string of the molecule is [C-]#[N+]C(C(=O)OCC)c1ccc(C#N)cc1[N+](=O)[O-]. The molecule has 0 saturated heterocycles. The van der Waals surface area contributed by atoms with Crippen LogP contribution in [-0.4, -0.2) is 17.5 Å². The summed E-state index contributed by atoms with van der Waals surface area (Å²) in [5.74, 6) is -0.842. The lowest BCUT2D eigenvalue weighted by Gasteiger charge is -2.06. The monoisotopic (exact) mass is 259 g/mol. The van der Waals surface area contributed by atoms with Crippen LogP contribution in [0.15, 0.2) is 18.2 Å². The van der Waals surface area contributed by atoms with Crippen LogP contribution < -0.4 is 0 Å². The fraction of sp³-hybridized carbons (Fsp3) is 0.250. The highest BCUT2D eigenvalue weighted by Gasteiger charge is 2.34. The van der Waals surface area contributed by atoms with Crippen molar-refractivity contribution in [3.63, 3.8) is 0 Å². The number of benzene rings is 1. The Balaban J connectivity index is 3.33. The van der Waals surface area contributed by atoms with Crippen molar-refractivity contribution in [1.29, 1.82) is 5.26 Å².